The first-order valence-electron chi connectivity index (χ1n) is 7.57. The number of benzene rings is 1. The van der Waals surface area contributed by atoms with Gasteiger partial charge < -0.3 is 5.11 Å². The Morgan fingerprint density at radius 2 is 1.88 bits per heavy atom. The van der Waals surface area contributed by atoms with E-state index in [4.69, 9.17) is 5.11 Å². The smallest absolute Gasteiger partial charge is 0.321 e. The molecule has 0 spiro atoms. The van der Waals surface area contributed by atoms with Crippen molar-refractivity contribution in [2.24, 2.45) is 0 Å². The molecule has 11 heteroatoms. The number of sulfonamides is 2. The maximum Gasteiger partial charge on any atom is 0.321 e. The number of carbonyl (C=O) groups is 1. The van der Waals surface area contributed by atoms with Crippen molar-refractivity contribution in [3.8, 4) is 0 Å². The minimum absolute atomic E-state index is 0.0991. The molecule has 0 aliphatic carbocycles. The zero-order valence-electron chi connectivity index (χ0n) is 13.8. The fourth-order valence-electron chi connectivity index (χ4n) is 1.88. The van der Waals surface area contributed by atoms with Crippen LogP contribution in [0.2, 0.25) is 0 Å². The Morgan fingerprint density at radius 3 is 2.36 bits per heavy atom. The quantitative estimate of drug-likeness (QED) is 0.550. The number of aliphatic carboxylic acids is 1. The third-order valence-corrected chi connectivity index (χ3v) is 6.10. The van der Waals surface area contributed by atoms with Crippen molar-refractivity contribution >= 4 is 31.7 Å². The predicted molar refractivity (Wildman–Crippen MR) is 90.8 cm³/mol. The lowest BCUT2D eigenvalue weighted by Gasteiger charge is -2.15. The Kier molecular flexibility index (Phi) is 7.32. The topological polar surface area (TPSA) is 130 Å². The van der Waals surface area contributed by atoms with Crippen LogP contribution in [0.15, 0.2) is 23.1 Å². The molecule has 0 unspecified atom stereocenters. The normalized spacial score (nSPS) is 13.4. The van der Waals surface area contributed by atoms with Gasteiger partial charge >= 0.3 is 5.97 Å². The van der Waals surface area contributed by atoms with Gasteiger partial charge in [0.05, 0.1) is 16.3 Å². The second-order valence-electron chi connectivity index (χ2n) is 5.30. The molecule has 0 aliphatic rings. The molecule has 0 aliphatic heterocycles. The highest BCUT2D eigenvalue weighted by Crippen LogP contribution is 2.20. The zero-order chi connectivity index (χ0) is 19.3. The molecule has 1 aromatic rings. The third-order valence-electron chi connectivity index (χ3n) is 3.34. The van der Waals surface area contributed by atoms with E-state index in [1.165, 1.54) is 6.92 Å². The zero-order valence-corrected chi connectivity index (χ0v) is 15.5. The van der Waals surface area contributed by atoms with Crippen LogP contribution in [0.3, 0.4) is 0 Å². The minimum Gasteiger partial charge on any atom is -0.480 e. The fraction of sp³-hybridized carbons (Fsp3) is 0.500. The van der Waals surface area contributed by atoms with Crippen molar-refractivity contribution in [3.63, 3.8) is 0 Å². The molecule has 0 amide bonds. The van der Waals surface area contributed by atoms with E-state index in [2.05, 4.69) is 0 Å². The van der Waals surface area contributed by atoms with Crippen molar-refractivity contribution in [1.29, 1.82) is 0 Å². The van der Waals surface area contributed by atoms with Gasteiger partial charge in [-0.2, -0.15) is 4.72 Å². The summed E-state index contributed by atoms with van der Waals surface area (Å²) < 4.78 is 65.4. The monoisotopic (exact) mass is 396 g/mol. The largest absolute Gasteiger partial charge is 0.480 e. The Hall–Kier alpha value is -1.72. The van der Waals surface area contributed by atoms with E-state index in [1.54, 1.807) is 0 Å². The third kappa shape index (κ3) is 6.25. The average molecular weight is 396 g/mol. The van der Waals surface area contributed by atoms with Gasteiger partial charge in [-0.1, -0.05) is 19.8 Å². The number of rotatable bonds is 10. The molecule has 142 valence electrons. The van der Waals surface area contributed by atoms with Crippen LogP contribution < -0.4 is 9.44 Å². The first-order chi connectivity index (χ1) is 11.5. The SMILES string of the molecule is CCCC[C@H](NS(=O)(=O)c1ccc(NS(=O)(=O)CC)c(F)c1)C(=O)O. The number of anilines is 1. The van der Waals surface area contributed by atoms with Crippen LogP contribution in [0.1, 0.15) is 33.1 Å². The Balaban J connectivity index is 3.06. The van der Waals surface area contributed by atoms with E-state index in [0.717, 1.165) is 12.1 Å². The van der Waals surface area contributed by atoms with Crippen LogP contribution in [0.25, 0.3) is 0 Å². The lowest BCUT2D eigenvalue weighted by molar-refractivity contribution is -0.139. The Bertz CT molecular complexity index is 824. The van der Waals surface area contributed by atoms with E-state index in [1.807, 2.05) is 16.4 Å². The molecule has 1 aromatic carbocycles. The van der Waals surface area contributed by atoms with Gasteiger partial charge in [-0.15, -0.1) is 0 Å². The van der Waals surface area contributed by atoms with Gasteiger partial charge in [0.2, 0.25) is 20.0 Å². The Labute approximate surface area is 146 Å². The summed E-state index contributed by atoms with van der Waals surface area (Å²) >= 11 is 0. The Morgan fingerprint density at radius 1 is 1.24 bits per heavy atom. The molecule has 0 heterocycles. The van der Waals surface area contributed by atoms with Crippen molar-refractivity contribution in [2.45, 2.75) is 44.0 Å². The number of carboxylic acid groups (broad SMARTS) is 1. The standard InChI is InChI=1S/C14H21FN2O6S2/c1-3-5-6-13(14(18)19)17-25(22,23)10-7-8-12(11(15)9-10)16-24(20,21)4-2/h7-9,13,16-17H,3-6H2,1-2H3,(H,18,19)/t13-/m0/s1. The van der Waals surface area contributed by atoms with Crippen LogP contribution in [0.4, 0.5) is 10.1 Å². The molecule has 1 atom stereocenters. The van der Waals surface area contributed by atoms with Gasteiger partial charge in [0.1, 0.15) is 11.9 Å². The van der Waals surface area contributed by atoms with E-state index >= 15 is 0 Å². The molecule has 8 nitrogen and oxygen atoms in total. The second-order valence-corrected chi connectivity index (χ2v) is 9.03. The van der Waals surface area contributed by atoms with E-state index in [9.17, 15) is 26.0 Å². The number of halogens is 1. The van der Waals surface area contributed by atoms with Gasteiger partial charge in [-0.3, -0.25) is 9.52 Å². The lowest BCUT2D eigenvalue weighted by Crippen LogP contribution is -2.40. The molecule has 0 saturated carbocycles. The van der Waals surface area contributed by atoms with Crippen LogP contribution in [0.5, 0.6) is 0 Å². The summed E-state index contributed by atoms with van der Waals surface area (Å²) in [5.41, 5.74) is -0.387. The van der Waals surface area contributed by atoms with Gasteiger partial charge in [0, 0.05) is 0 Å². The molecule has 0 saturated heterocycles. The lowest BCUT2D eigenvalue weighted by atomic mass is 10.1. The molecule has 0 fully saturated rings. The highest BCUT2D eigenvalue weighted by atomic mass is 32.2. The maximum atomic E-state index is 14.0. The van der Waals surface area contributed by atoms with Crippen molar-refractivity contribution < 1.29 is 31.1 Å². The molecule has 25 heavy (non-hydrogen) atoms. The van der Waals surface area contributed by atoms with Crippen LogP contribution >= 0.6 is 0 Å². The molecule has 0 radical (unpaired) electrons. The molecule has 1 rings (SSSR count). The predicted octanol–water partition coefficient (Wildman–Crippen LogP) is 1.51. The van der Waals surface area contributed by atoms with Crippen molar-refractivity contribution in [1.82, 2.24) is 4.72 Å². The highest BCUT2D eigenvalue weighted by Gasteiger charge is 2.25. The summed E-state index contributed by atoms with van der Waals surface area (Å²) in [6, 6.07) is 1.27. The first kappa shape index (κ1) is 21.3. The van der Waals surface area contributed by atoms with Gasteiger partial charge in [-0.25, -0.2) is 21.2 Å². The summed E-state index contributed by atoms with van der Waals surface area (Å²) in [6.45, 7) is 3.20. The van der Waals surface area contributed by atoms with Gasteiger partial charge in [-0.05, 0) is 31.5 Å². The number of unbranched alkanes of at least 4 members (excludes halogenated alkanes) is 1. The number of hydrogen-bond donors (Lipinski definition) is 3. The highest BCUT2D eigenvalue weighted by molar-refractivity contribution is 7.92. The molecule has 3 N–H and O–H groups in total. The molecular weight excluding hydrogens is 375 g/mol. The summed E-state index contributed by atoms with van der Waals surface area (Å²) in [6.07, 6.45) is 1.29. The van der Waals surface area contributed by atoms with Gasteiger partial charge in [0.15, 0.2) is 0 Å². The van der Waals surface area contributed by atoms with E-state index in [-0.39, 0.29) is 17.9 Å². The van der Waals surface area contributed by atoms with Crippen molar-refractivity contribution in [2.75, 3.05) is 10.5 Å². The van der Waals surface area contributed by atoms with Crippen LogP contribution in [-0.4, -0.2) is 39.7 Å². The summed E-state index contributed by atoms with van der Waals surface area (Å²) in [4.78, 5) is 10.7. The van der Waals surface area contributed by atoms with E-state index < -0.39 is 42.8 Å². The number of nitrogens with one attached hydrogen (secondary N) is 2. The summed E-state index contributed by atoms with van der Waals surface area (Å²) in [5, 5.41) is 9.09. The minimum atomic E-state index is -4.27. The van der Waals surface area contributed by atoms with Crippen molar-refractivity contribution in [3.05, 3.63) is 24.0 Å². The first-order valence-corrected chi connectivity index (χ1v) is 10.7. The second kappa shape index (κ2) is 8.59. The molecule has 0 aromatic heterocycles. The molecular formula is C14H21FN2O6S2. The number of carboxylic acids is 1. The summed E-state index contributed by atoms with van der Waals surface area (Å²) in [5.74, 6) is -2.68. The van der Waals surface area contributed by atoms with Crippen LogP contribution in [0, 0.1) is 5.82 Å². The molecule has 0 bridgehead atoms. The fourth-order valence-corrected chi connectivity index (χ4v) is 3.76. The maximum absolute atomic E-state index is 14.0. The summed E-state index contributed by atoms with van der Waals surface area (Å²) in [7, 11) is -7.99. The number of hydrogen-bond acceptors (Lipinski definition) is 5. The van der Waals surface area contributed by atoms with Crippen LogP contribution in [-0.2, 0) is 24.8 Å². The average Bonchev–Trinajstić information content (AvgIpc) is 2.52. The van der Waals surface area contributed by atoms with Gasteiger partial charge in [0.25, 0.3) is 0 Å². The van der Waals surface area contributed by atoms with E-state index in [0.29, 0.717) is 18.9 Å².